The second-order valence-electron chi connectivity index (χ2n) is 5.55. The summed E-state index contributed by atoms with van der Waals surface area (Å²) in [7, 11) is 0. The Kier molecular flexibility index (Phi) is 7.39. The molecule has 2 rings (SSSR count). The SMILES string of the molecule is CCNC(=NCCc1nc(C(F)(F)F)cs1)NCCc1sc(C)nc1C. The molecule has 0 saturated heterocycles. The molecule has 2 heterocycles. The van der Waals surface area contributed by atoms with Gasteiger partial charge in [0.2, 0.25) is 0 Å². The van der Waals surface area contributed by atoms with Crippen LogP contribution in [-0.2, 0) is 19.0 Å². The largest absolute Gasteiger partial charge is 0.434 e. The van der Waals surface area contributed by atoms with E-state index in [1.54, 1.807) is 11.3 Å². The van der Waals surface area contributed by atoms with Crippen molar-refractivity contribution < 1.29 is 13.2 Å². The zero-order valence-electron chi connectivity index (χ0n) is 14.9. The number of nitrogens with one attached hydrogen (secondary N) is 2. The van der Waals surface area contributed by atoms with Gasteiger partial charge < -0.3 is 10.6 Å². The molecule has 0 unspecified atom stereocenters. The first-order chi connectivity index (χ1) is 12.3. The van der Waals surface area contributed by atoms with Crippen molar-refractivity contribution in [3.8, 4) is 0 Å². The van der Waals surface area contributed by atoms with Crippen LogP contribution in [-0.4, -0.2) is 35.6 Å². The van der Waals surface area contributed by atoms with Crippen LogP contribution in [0.4, 0.5) is 13.2 Å². The van der Waals surface area contributed by atoms with Gasteiger partial charge in [0.1, 0.15) is 0 Å². The molecule has 0 radical (unpaired) electrons. The number of alkyl halides is 3. The summed E-state index contributed by atoms with van der Waals surface area (Å²) in [6.45, 7) is 7.75. The molecule has 0 amide bonds. The van der Waals surface area contributed by atoms with E-state index < -0.39 is 11.9 Å². The van der Waals surface area contributed by atoms with Crippen molar-refractivity contribution in [2.75, 3.05) is 19.6 Å². The van der Waals surface area contributed by atoms with Crippen molar-refractivity contribution >= 4 is 28.6 Å². The number of aromatic nitrogens is 2. The van der Waals surface area contributed by atoms with Crippen LogP contribution in [0.2, 0.25) is 0 Å². The van der Waals surface area contributed by atoms with Gasteiger partial charge in [-0.1, -0.05) is 0 Å². The summed E-state index contributed by atoms with van der Waals surface area (Å²) in [6.07, 6.45) is -3.16. The Morgan fingerprint density at radius 2 is 1.96 bits per heavy atom. The highest BCUT2D eigenvalue weighted by molar-refractivity contribution is 7.11. The lowest BCUT2D eigenvalue weighted by Gasteiger charge is -2.10. The Balaban J connectivity index is 1.84. The van der Waals surface area contributed by atoms with Crippen LogP contribution < -0.4 is 10.6 Å². The first-order valence-corrected chi connectivity index (χ1v) is 9.96. The molecule has 26 heavy (non-hydrogen) atoms. The zero-order chi connectivity index (χ0) is 19.2. The van der Waals surface area contributed by atoms with E-state index in [-0.39, 0.29) is 0 Å². The third-order valence-electron chi connectivity index (χ3n) is 3.43. The molecule has 0 aliphatic heterocycles. The number of aryl methyl sites for hydroxylation is 2. The number of nitrogens with zero attached hydrogens (tertiary/aromatic N) is 3. The first kappa shape index (κ1) is 20.6. The van der Waals surface area contributed by atoms with Crippen molar-refractivity contribution in [3.05, 3.63) is 31.7 Å². The number of hydrogen-bond acceptors (Lipinski definition) is 5. The number of rotatable bonds is 7. The van der Waals surface area contributed by atoms with E-state index in [9.17, 15) is 13.2 Å². The van der Waals surface area contributed by atoms with Crippen LogP contribution in [0.5, 0.6) is 0 Å². The van der Waals surface area contributed by atoms with Gasteiger partial charge in [0.25, 0.3) is 0 Å². The van der Waals surface area contributed by atoms with E-state index in [1.165, 1.54) is 4.88 Å². The monoisotopic (exact) mass is 405 g/mol. The smallest absolute Gasteiger partial charge is 0.357 e. The summed E-state index contributed by atoms with van der Waals surface area (Å²) in [5.41, 5.74) is 0.224. The molecule has 2 N–H and O–H groups in total. The summed E-state index contributed by atoms with van der Waals surface area (Å²) in [5, 5.41) is 8.91. The van der Waals surface area contributed by atoms with Crippen LogP contribution in [0.3, 0.4) is 0 Å². The molecule has 2 aromatic rings. The van der Waals surface area contributed by atoms with Crippen LogP contribution in [0.25, 0.3) is 0 Å². The summed E-state index contributed by atoms with van der Waals surface area (Å²) in [4.78, 5) is 13.7. The van der Waals surface area contributed by atoms with Crippen molar-refractivity contribution in [2.45, 2.75) is 39.8 Å². The molecule has 0 aliphatic rings. The minimum Gasteiger partial charge on any atom is -0.357 e. The van der Waals surface area contributed by atoms with Gasteiger partial charge in [-0.2, -0.15) is 13.2 Å². The Hall–Kier alpha value is -1.68. The van der Waals surface area contributed by atoms with Gasteiger partial charge in [-0.3, -0.25) is 4.99 Å². The third kappa shape index (κ3) is 6.24. The maximum absolute atomic E-state index is 12.6. The highest BCUT2D eigenvalue weighted by atomic mass is 32.1. The number of aliphatic imine (C=N–C) groups is 1. The maximum atomic E-state index is 12.6. The minimum absolute atomic E-state index is 0.374. The van der Waals surface area contributed by atoms with Crippen molar-refractivity contribution in [2.24, 2.45) is 4.99 Å². The van der Waals surface area contributed by atoms with Gasteiger partial charge in [0.15, 0.2) is 11.7 Å². The molecular weight excluding hydrogens is 383 g/mol. The highest BCUT2D eigenvalue weighted by Crippen LogP contribution is 2.30. The predicted octanol–water partition coefficient (Wildman–Crippen LogP) is 3.58. The van der Waals surface area contributed by atoms with E-state index in [2.05, 4.69) is 25.6 Å². The summed E-state index contributed by atoms with van der Waals surface area (Å²) < 4.78 is 37.7. The average molecular weight is 406 g/mol. The maximum Gasteiger partial charge on any atom is 0.434 e. The van der Waals surface area contributed by atoms with Crippen LogP contribution in [0.1, 0.15) is 33.2 Å². The lowest BCUT2D eigenvalue weighted by atomic mass is 10.3. The molecule has 0 saturated carbocycles. The van der Waals surface area contributed by atoms with E-state index in [0.717, 1.165) is 33.8 Å². The van der Waals surface area contributed by atoms with Gasteiger partial charge in [-0.15, -0.1) is 22.7 Å². The summed E-state index contributed by atoms with van der Waals surface area (Å²) >= 11 is 2.70. The summed E-state index contributed by atoms with van der Waals surface area (Å²) in [6, 6.07) is 0. The van der Waals surface area contributed by atoms with Gasteiger partial charge in [-0.25, -0.2) is 9.97 Å². The van der Waals surface area contributed by atoms with Crippen molar-refractivity contribution in [3.63, 3.8) is 0 Å². The van der Waals surface area contributed by atoms with E-state index in [4.69, 9.17) is 0 Å². The van der Waals surface area contributed by atoms with Crippen LogP contribution >= 0.6 is 22.7 Å². The average Bonchev–Trinajstić information content (AvgIpc) is 3.14. The molecule has 0 atom stereocenters. The molecule has 10 heteroatoms. The molecule has 2 aromatic heterocycles. The van der Waals surface area contributed by atoms with Gasteiger partial charge in [0, 0.05) is 42.7 Å². The summed E-state index contributed by atoms with van der Waals surface area (Å²) in [5.74, 6) is 0.652. The molecule has 0 bridgehead atoms. The normalized spacial score (nSPS) is 12.5. The fourth-order valence-electron chi connectivity index (χ4n) is 2.26. The fourth-order valence-corrected chi connectivity index (χ4v) is 3.99. The van der Waals surface area contributed by atoms with E-state index in [0.29, 0.717) is 37.0 Å². The standard InChI is InChI=1S/C16H22F3N5S2/c1-4-20-15(21-7-5-12-10(2)23-11(3)26-12)22-8-6-14-24-13(9-25-14)16(17,18)19/h9H,4-8H2,1-3H3,(H2,20,21,22). The Labute approximate surface area is 158 Å². The van der Waals surface area contributed by atoms with Crippen molar-refractivity contribution in [1.29, 1.82) is 0 Å². The number of halogens is 3. The fraction of sp³-hybridized carbons (Fsp3) is 0.562. The second kappa shape index (κ2) is 9.31. The van der Waals surface area contributed by atoms with E-state index in [1.807, 2.05) is 20.8 Å². The Morgan fingerprint density at radius 3 is 2.54 bits per heavy atom. The zero-order valence-corrected chi connectivity index (χ0v) is 16.5. The lowest BCUT2D eigenvalue weighted by Crippen LogP contribution is -2.38. The molecule has 0 aliphatic carbocycles. The molecule has 144 valence electrons. The Morgan fingerprint density at radius 1 is 1.19 bits per heavy atom. The molecule has 0 spiro atoms. The number of guanidine groups is 1. The molecular formula is C16H22F3N5S2. The molecule has 0 fully saturated rings. The van der Waals surface area contributed by atoms with Crippen LogP contribution in [0.15, 0.2) is 10.4 Å². The number of thiazole rings is 2. The third-order valence-corrected chi connectivity index (χ3v) is 5.47. The minimum atomic E-state index is -4.39. The first-order valence-electron chi connectivity index (χ1n) is 8.26. The molecule has 0 aromatic carbocycles. The van der Waals surface area contributed by atoms with Crippen molar-refractivity contribution in [1.82, 2.24) is 20.6 Å². The van der Waals surface area contributed by atoms with Gasteiger partial charge in [-0.05, 0) is 20.8 Å². The quantitative estimate of drug-likeness (QED) is 0.546. The second-order valence-corrected chi connectivity index (χ2v) is 7.78. The number of hydrogen-bond donors (Lipinski definition) is 2. The van der Waals surface area contributed by atoms with Crippen LogP contribution in [0, 0.1) is 13.8 Å². The van der Waals surface area contributed by atoms with E-state index >= 15 is 0 Å². The predicted molar refractivity (Wildman–Crippen MR) is 100 cm³/mol. The highest BCUT2D eigenvalue weighted by Gasteiger charge is 2.33. The topological polar surface area (TPSA) is 62.2 Å². The molecule has 5 nitrogen and oxygen atoms in total. The Bertz CT molecular complexity index is 737. The van der Waals surface area contributed by atoms with Gasteiger partial charge >= 0.3 is 6.18 Å². The lowest BCUT2D eigenvalue weighted by molar-refractivity contribution is -0.140. The van der Waals surface area contributed by atoms with Gasteiger partial charge in [0.05, 0.1) is 15.7 Å².